The van der Waals surface area contributed by atoms with Crippen molar-refractivity contribution >= 4 is 0 Å². The molecule has 270 valence electrons. The number of benzene rings is 4. The van der Waals surface area contributed by atoms with Crippen LogP contribution < -0.4 is 18.9 Å². The van der Waals surface area contributed by atoms with Gasteiger partial charge in [-0.3, -0.25) is 0 Å². The molecule has 4 aromatic rings. The van der Waals surface area contributed by atoms with Crippen molar-refractivity contribution < 1.29 is 59.1 Å². The van der Waals surface area contributed by atoms with Gasteiger partial charge in [-0.05, 0) is 108 Å². The smallest absolute Gasteiger partial charge is 0.200 e. The Morgan fingerprint density at radius 2 is 0.840 bits per heavy atom. The summed E-state index contributed by atoms with van der Waals surface area (Å²) in [5, 5.41) is 61.0. The van der Waals surface area contributed by atoms with Gasteiger partial charge in [0.1, 0.15) is 23.0 Å². The zero-order valence-electron chi connectivity index (χ0n) is 28.7. The van der Waals surface area contributed by atoms with E-state index in [1.165, 1.54) is 24.3 Å². The van der Waals surface area contributed by atoms with E-state index in [9.17, 15) is 30.6 Å². The lowest BCUT2D eigenvalue weighted by Crippen LogP contribution is -2.25. The largest absolute Gasteiger partial charge is 0.504 e. The molecule has 0 fully saturated rings. The Morgan fingerprint density at radius 3 is 1.24 bits per heavy atom. The van der Waals surface area contributed by atoms with Crippen molar-refractivity contribution in [1.82, 2.24) is 0 Å². The minimum Gasteiger partial charge on any atom is -0.504 e. The summed E-state index contributed by atoms with van der Waals surface area (Å²) >= 11 is 0. The summed E-state index contributed by atoms with van der Waals surface area (Å²) in [7, 11) is 6.31. The summed E-state index contributed by atoms with van der Waals surface area (Å²) in [6, 6.07) is 16.6. The molecule has 0 bridgehead atoms. The average molecular weight is 695 g/mol. The summed E-state index contributed by atoms with van der Waals surface area (Å²) in [5.41, 5.74) is 2.87. The van der Waals surface area contributed by atoms with Gasteiger partial charge in [0.25, 0.3) is 0 Å². The first kappa shape index (κ1) is 37.6. The molecule has 0 saturated heterocycles. The number of hydrogen-bond donors (Lipinski definition) is 6. The molecular formula is C38H46O12. The molecule has 0 amide bonds. The standard InChI is InChI=1S/C38H46O12/c1-45-29-10-25(11-30(18-29)46-2)20-49-7-5-6-27(8-23-14-33(39)37(43)34(40)15-23)28(9-24-16-35(41)38(44)36(42)17-24)22-50-21-26-12-31(47-3)19-32(13-26)48-4/h10-19,27-28,39-44H,5-9,20-22H2,1-4H3/t27-,28+/m0/s1. The highest BCUT2D eigenvalue weighted by Crippen LogP contribution is 2.39. The van der Waals surface area contributed by atoms with E-state index in [-0.39, 0.29) is 25.0 Å². The van der Waals surface area contributed by atoms with E-state index in [0.29, 0.717) is 73.0 Å². The highest BCUT2D eigenvalue weighted by atomic mass is 16.5. The molecule has 12 heteroatoms. The molecule has 0 aliphatic rings. The van der Waals surface area contributed by atoms with Crippen molar-refractivity contribution in [1.29, 1.82) is 0 Å². The highest BCUT2D eigenvalue weighted by Gasteiger charge is 2.25. The molecule has 2 atom stereocenters. The number of phenolic OH excluding ortho intramolecular Hbond substituents is 6. The fraction of sp³-hybridized carbons (Fsp3) is 0.368. The van der Waals surface area contributed by atoms with E-state index < -0.39 is 34.5 Å². The number of phenols is 6. The number of aromatic hydroxyl groups is 6. The molecule has 0 radical (unpaired) electrons. The second-order valence-electron chi connectivity index (χ2n) is 12.0. The first-order valence-corrected chi connectivity index (χ1v) is 16.1. The molecular weight excluding hydrogens is 648 g/mol. The maximum absolute atomic E-state index is 10.3. The van der Waals surface area contributed by atoms with Gasteiger partial charge in [-0.25, -0.2) is 0 Å². The molecule has 4 aromatic carbocycles. The Bertz CT molecular complexity index is 1620. The SMILES string of the molecule is COc1cc(COCCC[C@@H](Cc2cc(O)c(O)c(O)c2)[C@@H](COCc2cc(OC)cc(OC)c2)Cc2cc(O)c(O)c(O)c2)cc(OC)c1. The monoisotopic (exact) mass is 694 g/mol. The first-order valence-electron chi connectivity index (χ1n) is 16.1. The molecule has 0 saturated carbocycles. The van der Waals surface area contributed by atoms with Crippen LogP contribution in [-0.4, -0.2) is 72.3 Å². The van der Waals surface area contributed by atoms with Crippen LogP contribution in [-0.2, 0) is 35.5 Å². The van der Waals surface area contributed by atoms with Crippen LogP contribution in [0.1, 0.15) is 35.1 Å². The zero-order chi connectivity index (χ0) is 36.2. The highest BCUT2D eigenvalue weighted by molar-refractivity contribution is 5.52. The molecule has 0 heterocycles. The van der Waals surface area contributed by atoms with Gasteiger partial charge in [0.2, 0.25) is 0 Å². The molecule has 0 spiro atoms. The minimum absolute atomic E-state index is 0.142. The van der Waals surface area contributed by atoms with Gasteiger partial charge < -0.3 is 59.1 Å². The first-order chi connectivity index (χ1) is 24.0. The van der Waals surface area contributed by atoms with Crippen molar-refractivity contribution in [2.75, 3.05) is 41.7 Å². The van der Waals surface area contributed by atoms with Gasteiger partial charge in [0, 0.05) is 18.7 Å². The van der Waals surface area contributed by atoms with Crippen molar-refractivity contribution in [2.45, 2.75) is 38.9 Å². The summed E-state index contributed by atoms with van der Waals surface area (Å²) in [6.45, 7) is 1.23. The van der Waals surface area contributed by atoms with Gasteiger partial charge in [-0.1, -0.05) is 0 Å². The number of hydrogen-bond acceptors (Lipinski definition) is 12. The molecule has 6 N–H and O–H groups in total. The normalized spacial score (nSPS) is 12.3. The van der Waals surface area contributed by atoms with Crippen molar-refractivity contribution in [3.05, 3.63) is 82.9 Å². The van der Waals surface area contributed by atoms with E-state index in [0.717, 1.165) is 11.1 Å². The molecule has 0 aromatic heterocycles. The van der Waals surface area contributed by atoms with Gasteiger partial charge in [0.15, 0.2) is 34.5 Å². The molecule has 12 nitrogen and oxygen atoms in total. The average Bonchev–Trinajstić information content (AvgIpc) is 3.11. The molecule has 0 aliphatic heterocycles. The second kappa shape index (κ2) is 18.0. The number of methoxy groups -OCH3 is 4. The van der Waals surface area contributed by atoms with E-state index in [4.69, 9.17) is 28.4 Å². The lowest BCUT2D eigenvalue weighted by Gasteiger charge is -2.28. The quantitative estimate of drug-likeness (QED) is 0.0486. The van der Waals surface area contributed by atoms with Crippen LogP contribution in [0.25, 0.3) is 0 Å². The van der Waals surface area contributed by atoms with Crippen LogP contribution in [0.5, 0.6) is 57.5 Å². The van der Waals surface area contributed by atoms with Crippen molar-refractivity contribution in [2.24, 2.45) is 11.8 Å². The summed E-state index contributed by atoms with van der Waals surface area (Å²) in [5.74, 6) is -0.807. The Hall–Kier alpha value is -5.20. The molecule has 0 unspecified atom stereocenters. The van der Waals surface area contributed by atoms with E-state index in [1.54, 1.807) is 40.6 Å². The molecule has 4 rings (SSSR count). The van der Waals surface area contributed by atoms with Crippen LogP contribution in [0.4, 0.5) is 0 Å². The van der Waals surface area contributed by atoms with Crippen LogP contribution in [0.2, 0.25) is 0 Å². The van der Waals surface area contributed by atoms with Crippen LogP contribution in [0, 0.1) is 11.8 Å². The summed E-state index contributed by atoms with van der Waals surface area (Å²) in [4.78, 5) is 0. The maximum Gasteiger partial charge on any atom is 0.200 e. The second-order valence-corrected chi connectivity index (χ2v) is 12.0. The Labute approximate surface area is 291 Å². The van der Waals surface area contributed by atoms with E-state index >= 15 is 0 Å². The van der Waals surface area contributed by atoms with E-state index in [1.807, 2.05) is 24.3 Å². The van der Waals surface area contributed by atoms with Crippen molar-refractivity contribution in [3.63, 3.8) is 0 Å². The predicted octanol–water partition coefficient (Wildman–Crippen LogP) is 6.19. The van der Waals surface area contributed by atoms with Gasteiger partial charge in [-0.15, -0.1) is 0 Å². The summed E-state index contributed by atoms with van der Waals surface area (Å²) < 4.78 is 33.8. The maximum atomic E-state index is 10.3. The summed E-state index contributed by atoms with van der Waals surface area (Å²) in [6.07, 6.45) is 1.98. The lowest BCUT2D eigenvalue weighted by molar-refractivity contribution is 0.0578. The third-order valence-corrected chi connectivity index (χ3v) is 8.48. The van der Waals surface area contributed by atoms with Gasteiger partial charge in [-0.2, -0.15) is 0 Å². The third kappa shape index (κ3) is 10.4. The van der Waals surface area contributed by atoms with Crippen LogP contribution in [0.15, 0.2) is 60.7 Å². The van der Waals surface area contributed by atoms with Gasteiger partial charge >= 0.3 is 0 Å². The number of ether oxygens (including phenoxy) is 6. The van der Waals surface area contributed by atoms with Crippen LogP contribution in [0.3, 0.4) is 0 Å². The Balaban J connectivity index is 1.57. The van der Waals surface area contributed by atoms with E-state index in [2.05, 4.69) is 0 Å². The number of rotatable bonds is 19. The van der Waals surface area contributed by atoms with Gasteiger partial charge in [0.05, 0.1) is 48.3 Å². The van der Waals surface area contributed by atoms with Crippen LogP contribution >= 0.6 is 0 Å². The van der Waals surface area contributed by atoms with Crippen molar-refractivity contribution in [3.8, 4) is 57.5 Å². The lowest BCUT2D eigenvalue weighted by atomic mass is 9.80. The topological polar surface area (TPSA) is 177 Å². The zero-order valence-corrected chi connectivity index (χ0v) is 28.7. The predicted molar refractivity (Wildman–Crippen MR) is 185 cm³/mol. The fourth-order valence-electron chi connectivity index (χ4n) is 5.89. The Morgan fingerprint density at radius 1 is 0.460 bits per heavy atom. The minimum atomic E-state index is -0.606. The Kier molecular flexibility index (Phi) is 13.5. The third-order valence-electron chi connectivity index (χ3n) is 8.48. The fourth-order valence-corrected chi connectivity index (χ4v) is 5.89. The molecule has 0 aliphatic carbocycles. The molecule has 50 heavy (non-hydrogen) atoms.